The second-order valence-electron chi connectivity index (χ2n) is 5.70. The zero-order chi connectivity index (χ0) is 17.5. The van der Waals surface area contributed by atoms with E-state index in [4.69, 9.17) is 11.6 Å². The maximum atomic E-state index is 12.0. The van der Waals surface area contributed by atoms with Gasteiger partial charge in [-0.2, -0.15) is 0 Å². The molecule has 0 radical (unpaired) electrons. The molecule has 0 aliphatic heterocycles. The van der Waals surface area contributed by atoms with E-state index in [-0.39, 0.29) is 6.03 Å². The molecule has 3 aromatic rings. The lowest BCUT2D eigenvalue weighted by Gasteiger charge is -2.09. The fourth-order valence-electron chi connectivity index (χ4n) is 2.56. The molecule has 2 N–H and O–H groups in total. The summed E-state index contributed by atoms with van der Waals surface area (Å²) in [5, 5.41) is 6.40. The first-order valence-electron chi connectivity index (χ1n) is 8.15. The van der Waals surface area contributed by atoms with Crippen molar-refractivity contribution in [2.24, 2.45) is 0 Å². The van der Waals surface area contributed by atoms with Crippen molar-refractivity contribution in [3.05, 3.63) is 89.4 Å². The van der Waals surface area contributed by atoms with E-state index >= 15 is 0 Å². The van der Waals surface area contributed by atoms with Crippen LogP contribution in [0.25, 0.3) is 11.1 Å². The van der Waals surface area contributed by atoms with E-state index < -0.39 is 0 Å². The minimum Gasteiger partial charge on any atom is -0.338 e. The van der Waals surface area contributed by atoms with E-state index in [1.807, 2.05) is 66.7 Å². The molecule has 3 aromatic carbocycles. The molecule has 0 spiro atoms. The van der Waals surface area contributed by atoms with Crippen molar-refractivity contribution in [2.45, 2.75) is 6.42 Å². The van der Waals surface area contributed by atoms with Gasteiger partial charge in [0.2, 0.25) is 0 Å². The summed E-state index contributed by atoms with van der Waals surface area (Å²) in [7, 11) is 0. The van der Waals surface area contributed by atoms with Crippen LogP contribution in [-0.4, -0.2) is 12.6 Å². The summed E-state index contributed by atoms with van der Waals surface area (Å²) in [6.45, 7) is 0.550. The minimum atomic E-state index is -0.213. The van der Waals surface area contributed by atoms with Crippen LogP contribution in [0.1, 0.15) is 5.56 Å². The van der Waals surface area contributed by atoms with Crippen molar-refractivity contribution in [3.8, 4) is 11.1 Å². The number of anilines is 1. The summed E-state index contributed by atoms with van der Waals surface area (Å²) >= 11 is 5.95. The molecule has 126 valence electrons. The zero-order valence-corrected chi connectivity index (χ0v) is 14.5. The fourth-order valence-corrected chi connectivity index (χ4v) is 2.78. The van der Waals surface area contributed by atoms with Crippen molar-refractivity contribution in [1.29, 1.82) is 0 Å². The third-order valence-electron chi connectivity index (χ3n) is 3.84. The van der Waals surface area contributed by atoms with Gasteiger partial charge >= 0.3 is 6.03 Å². The van der Waals surface area contributed by atoms with Gasteiger partial charge in [-0.1, -0.05) is 66.2 Å². The van der Waals surface area contributed by atoms with Crippen molar-refractivity contribution in [2.75, 3.05) is 11.9 Å². The van der Waals surface area contributed by atoms with Crippen LogP contribution in [0.15, 0.2) is 78.9 Å². The van der Waals surface area contributed by atoms with Crippen molar-refractivity contribution >= 4 is 23.3 Å². The molecular formula is C21H19ClN2O. The number of hydrogen-bond donors (Lipinski definition) is 2. The Morgan fingerprint density at radius 1 is 0.840 bits per heavy atom. The van der Waals surface area contributed by atoms with Crippen LogP contribution in [0.5, 0.6) is 0 Å². The number of urea groups is 1. The smallest absolute Gasteiger partial charge is 0.319 e. The molecule has 0 fully saturated rings. The van der Waals surface area contributed by atoms with Gasteiger partial charge in [-0.15, -0.1) is 0 Å². The van der Waals surface area contributed by atoms with Crippen LogP contribution >= 0.6 is 11.6 Å². The average molecular weight is 351 g/mol. The van der Waals surface area contributed by atoms with Gasteiger partial charge in [0.25, 0.3) is 0 Å². The summed E-state index contributed by atoms with van der Waals surface area (Å²) in [6, 6.07) is 25.4. The quantitative estimate of drug-likeness (QED) is 0.638. The third-order valence-corrected chi connectivity index (χ3v) is 4.07. The number of amides is 2. The Kier molecular flexibility index (Phi) is 5.70. The third kappa shape index (κ3) is 5.10. The second kappa shape index (κ2) is 8.36. The largest absolute Gasteiger partial charge is 0.338 e. The summed E-state index contributed by atoms with van der Waals surface area (Å²) in [4.78, 5) is 12.0. The molecule has 0 aromatic heterocycles. The number of halogens is 1. The highest BCUT2D eigenvalue weighted by molar-refractivity contribution is 6.30. The molecule has 0 saturated carbocycles. The highest BCUT2D eigenvalue weighted by atomic mass is 35.5. The van der Waals surface area contributed by atoms with Crippen molar-refractivity contribution in [3.63, 3.8) is 0 Å². The molecule has 0 unspecified atom stereocenters. The van der Waals surface area contributed by atoms with Gasteiger partial charge in [0.15, 0.2) is 0 Å². The number of hydrogen-bond acceptors (Lipinski definition) is 1. The first-order valence-corrected chi connectivity index (χ1v) is 8.53. The maximum Gasteiger partial charge on any atom is 0.319 e. The van der Waals surface area contributed by atoms with Crippen LogP contribution in [-0.2, 0) is 6.42 Å². The molecule has 0 bridgehead atoms. The minimum absolute atomic E-state index is 0.213. The van der Waals surface area contributed by atoms with Gasteiger partial charge in [-0.3, -0.25) is 0 Å². The Labute approximate surface area is 152 Å². The first kappa shape index (κ1) is 17.1. The van der Waals surface area contributed by atoms with Crippen molar-refractivity contribution in [1.82, 2.24) is 5.32 Å². The zero-order valence-electron chi connectivity index (χ0n) is 13.7. The second-order valence-corrected chi connectivity index (χ2v) is 6.14. The summed E-state index contributed by atoms with van der Waals surface area (Å²) < 4.78 is 0. The van der Waals surface area contributed by atoms with E-state index in [0.29, 0.717) is 11.6 Å². The van der Waals surface area contributed by atoms with E-state index in [0.717, 1.165) is 28.8 Å². The highest BCUT2D eigenvalue weighted by Crippen LogP contribution is 2.20. The van der Waals surface area contributed by atoms with Gasteiger partial charge in [0.1, 0.15) is 0 Å². The molecule has 0 aliphatic carbocycles. The lowest BCUT2D eigenvalue weighted by atomic mass is 10.1. The predicted molar refractivity (Wildman–Crippen MR) is 104 cm³/mol. The normalized spacial score (nSPS) is 10.3. The van der Waals surface area contributed by atoms with Gasteiger partial charge in [0.05, 0.1) is 0 Å². The van der Waals surface area contributed by atoms with Gasteiger partial charge in [-0.25, -0.2) is 4.79 Å². The SMILES string of the molecule is O=C(NCCc1cccc(Cl)c1)Nc1ccc(-c2ccccc2)cc1. The molecule has 0 saturated heterocycles. The maximum absolute atomic E-state index is 12.0. The molecule has 0 atom stereocenters. The molecule has 25 heavy (non-hydrogen) atoms. The summed E-state index contributed by atoms with van der Waals surface area (Å²) in [5.41, 5.74) is 4.13. The molecule has 4 heteroatoms. The fraction of sp³-hybridized carbons (Fsp3) is 0.0952. The van der Waals surface area contributed by atoms with Gasteiger partial charge < -0.3 is 10.6 Å². The number of rotatable bonds is 5. The van der Waals surface area contributed by atoms with E-state index in [9.17, 15) is 4.79 Å². The Bertz CT molecular complexity index is 832. The van der Waals surface area contributed by atoms with Crippen LogP contribution < -0.4 is 10.6 Å². The molecule has 0 aliphatic rings. The molecule has 3 nitrogen and oxygen atoms in total. The predicted octanol–water partition coefficient (Wildman–Crippen LogP) is 5.37. The van der Waals surface area contributed by atoms with Crippen LogP contribution in [0, 0.1) is 0 Å². The number of nitrogens with one attached hydrogen (secondary N) is 2. The van der Waals surface area contributed by atoms with Crippen LogP contribution in [0.2, 0.25) is 5.02 Å². The molecule has 2 amide bonds. The number of carbonyl (C=O) groups excluding carboxylic acids is 1. The molecule has 3 rings (SSSR count). The Morgan fingerprint density at radius 3 is 2.28 bits per heavy atom. The molecule has 0 heterocycles. The number of benzene rings is 3. The first-order chi connectivity index (χ1) is 12.2. The Morgan fingerprint density at radius 2 is 1.56 bits per heavy atom. The van der Waals surface area contributed by atoms with E-state index in [2.05, 4.69) is 22.8 Å². The van der Waals surface area contributed by atoms with Gasteiger partial charge in [-0.05, 0) is 47.4 Å². The van der Waals surface area contributed by atoms with Gasteiger partial charge in [0, 0.05) is 17.3 Å². The Balaban J connectivity index is 1.49. The average Bonchev–Trinajstić information content (AvgIpc) is 2.63. The topological polar surface area (TPSA) is 41.1 Å². The van der Waals surface area contributed by atoms with Crippen molar-refractivity contribution < 1.29 is 4.79 Å². The van der Waals surface area contributed by atoms with Crippen LogP contribution in [0.3, 0.4) is 0 Å². The van der Waals surface area contributed by atoms with Crippen LogP contribution in [0.4, 0.5) is 10.5 Å². The highest BCUT2D eigenvalue weighted by Gasteiger charge is 2.03. The standard InChI is InChI=1S/C21H19ClN2O/c22-19-8-4-5-16(15-19)13-14-23-21(25)24-20-11-9-18(10-12-20)17-6-2-1-3-7-17/h1-12,15H,13-14H2,(H2,23,24,25). The Hall–Kier alpha value is -2.78. The van der Waals surface area contributed by atoms with E-state index in [1.54, 1.807) is 0 Å². The monoisotopic (exact) mass is 350 g/mol. The lowest BCUT2D eigenvalue weighted by Crippen LogP contribution is -2.30. The molecular weight excluding hydrogens is 332 g/mol. The summed E-state index contributed by atoms with van der Waals surface area (Å²) in [5.74, 6) is 0. The summed E-state index contributed by atoms with van der Waals surface area (Å²) in [6.07, 6.45) is 0.737. The van der Waals surface area contributed by atoms with E-state index in [1.165, 1.54) is 0 Å². The number of carbonyl (C=O) groups is 1. The lowest BCUT2D eigenvalue weighted by molar-refractivity contribution is 0.252.